The highest BCUT2D eigenvalue weighted by molar-refractivity contribution is 5.85. The summed E-state index contributed by atoms with van der Waals surface area (Å²) >= 11 is 0. The zero-order valence-electron chi connectivity index (χ0n) is 14.8. The van der Waals surface area contributed by atoms with Gasteiger partial charge >= 0.3 is 0 Å². The average molecular weight is 347 g/mol. The molecular formula is C18H29N5O2. The summed E-state index contributed by atoms with van der Waals surface area (Å²) in [4.78, 5) is 24.9. The maximum atomic E-state index is 12.9. The van der Waals surface area contributed by atoms with Crippen molar-refractivity contribution in [2.75, 3.05) is 19.6 Å². The molecule has 7 nitrogen and oxygen atoms in total. The van der Waals surface area contributed by atoms with E-state index in [9.17, 15) is 9.59 Å². The van der Waals surface area contributed by atoms with Crippen LogP contribution in [0.3, 0.4) is 0 Å². The molecule has 0 aromatic carbocycles. The minimum absolute atomic E-state index is 0.0330. The van der Waals surface area contributed by atoms with Crippen LogP contribution < -0.4 is 16.0 Å². The van der Waals surface area contributed by atoms with Crippen molar-refractivity contribution < 1.29 is 9.59 Å². The van der Waals surface area contributed by atoms with Crippen molar-refractivity contribution in [3.05, 3.63) is 18.5 Å². The first-order valence-electron chi connectivity index (χ1n) is 9.49. The fourth-order valence-electron chi connectivity index (χ4n) is 3.92. The van der Waals surface area contributed by atoms with Crippen molar-refractivity contribution in [2.45, 2.75) is 62.9 Å². The third-order valence-corrected chi connectivity index (χ3v) is 5.40. The van der Waals surface area contributed by atoms with E-state index in [1.807, 2.05) is 12.3 Å². The van der Waals surface area contributed by atoms with E-state index in [0.29, 0.717) is 31.8 Å². The molecule has 1 saturated carbocycles. The van der Waals surface area contributed by atoms with Crippen LogP contribution in [0.25, 0.3) is 0 Å². The molecule has 2 heterocycles. The predicted octanol–water partition coefficient (Wildman–Crippen LogP) is 0.917. The van der Waals surface area contributed by atoms with Gasteiger partial charge in [-0.3, -0.25) is 14.3 Å². The Labute approximate surface area is 148 Å². The highest BCUT2D eigenvalue weighted by Gasteiger charge is 2.41. The Morgan fingerprint density at radius 1 is 1.20 bits per heavy atom. The third kappa shape index (κ3) is 4.39. The van der Waals surface area contributed by atoms with Gasteiger partial charge in [-0.15, -0.1) is 0 Å². The first-order chi connectivity index (χ1) is 12.2. The SMILES string of the molecule is O=C(CCNC(=O)C1(n2cccn2)CCNCC1)NC1CCCCC1. The van der Waals surface area contributed by atoms with E-state index in [0.717, 1.165) is 25.9 Å². The molecule has 1 aliphatic heterocycles. The molecule has 2 fully saturated rings. The molecule has 25 heavy (non-hydrogen) atoms. The van der Waals surface area contributed by atoms with Gasteiger partial charge in [0.2, 0.25) is 11.8 Å². The van der Waals surface area contributed by atoms with Gasteiger partial charge in [0, 0.05) is 31.4 Å². The molecular weight excluding hydrogens is 318 g/mol. The summed E-state index contributed by atoms with van der Waals surface area (Å²) < 4.78 is 1.77. The topological polar surface area (TPSA) is 88.0 Å². The molecule has 0 unspecified atom stereocenters. The van der Waals surface area contributed by atoms with Crippen molar-refractivity contribution in [3.63, 3.8) is 0 Å². The van der Waals surface area contributed by atoms with Gasteiger partial charge in [0.05, 0.1) is 0 Å². The lowest BCUT2D eigenvalue weighted by atomic mass is 9.87. The van der Waals surface area contributed by atoms with E-state index in [4.69, 9.17) is 0 Å². The van der Waals surface area contributed by atoms with Crippen LogP contribution in [0.1, 0.15) is 51.4 Å². The van der Waals surface area contributed by atoms with Gasteiger partial charge in [0.25, 0.3) is 0 Å². The van der Waals surface area contributed by atoms with E-state index >= 15 is 0 Å². The first-order valence-corrected chi connectivity index (χ1v) is 9.49. The van der Waals surface area contributed by atoms with Gasteiger partial charge < -0.3 is 16.0 Å². The van der Waals surface area contributed by atoms with E-state index in [2.05, 4.69) is 21.0 Å². The molecule has 0 spiro atoms. The summed E-state index contributed by atoms with van der Waals surface area (Å²) in [7, 11) is 0. The summed E-state index contributed by atoms with van der Waals surface area (Å²) in [6.45, 7) is 1.94. The number of nitrogens with zero attached hydrogens (tertiary/aromatic N) is 2. The summed E-state index contributed by atoms with van der Waals surface area (Å²) in [5.41, 5.74) is -0.644. The van der Waals surface area contributed by atoms with Crippen LogP contribution in [-0.4, -0.2) is 47.3 Å². The van der Waals surface area contributed by atoms with Gasteiger partial charge in [-0.1, -0.05) is 19.3 Å². The van der Waals surface area contributed by atoms with Crippen LogP contribution in [0.2, 0.25) is 0 Å². The van der Waals surface area contributed by atoms with Crippen LogP contribution in [0.15, 0.2) is 18.5 Å². The minimum atomic E-state index is -0.644. The average Bonchev–Trinajstić information content (AvgIpc) is 3.18. The zero-order valence-corrected chi connectivity index (χ0v) is 14.8. The number of aromatic nitrogens is 2. The molecule has 0 radical (unpaired) electrons. The Morgan fingerprint density at radius 3 is 2.64 bits per heavy atom. The second-order valence-electron chi connectivity index (χ2n) is 7.14. The van der Waals surface area contributed by atoms with Crippen molar-refractivity contribution >= 4 is 11.8 Å². The molecule has 3 rings (SSSR count). The number of amides is 2. The Hall–Kier alpha value is -1.89. The lowest BCUT2D eigenvalue weighted by Crippen LogP contribution is -2.55. The van der Waals surface area contributed by atoms with E-state index in [1.165, 1.54) is 19.3 Å². The molecule has 0 bridgehead atoms. The summed E-state index contributed by atoms with van der Waals surface area (Å²) in [5.74, 6) is -0.00573. The first kappa shape index (κ1) is 17.9. The van der Waals surface area contributed by atoms with Gasteiger partial charge in [0.15, 0.2) is 0 Å². The van der Waals surface area contributed by atoms with E-state index in [-0.39, 0.29) is 11.8 Å². The quantitative estimate of drug-likeness (QED) is 0.714. The molecule has 7 heteroatoms. The lowest BCUT2D eigenvalue weighted by Gasteiger charge is -2.36. The molecule has 1 aliphatic carbocycles. The van der Waals surface area contributed by atoms with Gasteiger partial charge in [-0.25, -0.2) is 0 Å². The molecule has 1 saturated heterocycles. The molecule has 138 valence electrons. The number of piperidine rings is 1. The Bertz CT molecular complexity index is 560. The van der Waals surface area contributed by atoms with Crippen molar-refractivity contribution in [1.82, 2.24) is 25.7 Å². The van der Waals surface area contributed by atoms with Crippen LogP contribution >= 0.6 is 0 Å². The highest BCUT2D eigenvalue weighted by Crippen LogP contribution is 2.27. The zero-order chi connectivity index (χ0) is 17.5. The second-order valence-corrected chi connectivity index (χ2v) is 7.14. The third-order valence-electron chi connectivity index (χ3n) is 5.40. The van der Waals surface area contributed by atoms with E-state index < -0.39 is 5.54 Å². The molecule has 1 aromatic rings. The smallest absolute Gasteiger partial charge is 0.248 e. The van der Waals surface area contributed by atoms with Gasteiger partial charge in [0.1, 0.15) is 5.54 Å². The number of nitrogens with one attached hydrogen (secondary N) is 3. The lowest BCUT2D eigenvalue weighted by molar-refractivity contribution is -0.132. The standard InChI is InChI=1S/C18H29N5O2/c24-16(22-15-5-2-1-3-6-15)7-11-20-17(25)18(8-12-19-13-9-18)23-14-4-10-21-23/h4,10,14-15,19H,1-3,5-9,11-13H2,(H,20,25)(H,22,24). The molecule has 2 aliphatic rings. The molecule has 0 atom stereocenters. The van der Waals surface area contributed by atoms with Crippen molar-refractivity contribution in [3.8, 4) is 0 Å². The van der Waals surface area contributed by atoms with Crippen LogP contribution in [0.5, 0.6) is 0 Å². The maximum absolute atomic E-state index is 12.9. The number of carbonyl (C=O) groups is 2. The van der Waals surface area contributed by atoms with Gasteiger partial charge in [-0.05, 0) is 44.8 Å². The summed E-state index contributed by atoms with van der Waals surface area (Å²) in [6.07, 6.45) is 11.1. The fourth-order valence-corrected chi connectivity index (χ4v) is 3.92. The Balaban J connectivity index is 1.49. The Kier molecular flexibility index (Phi) is 6.07. The number of hydrogen-bond donors (Lipinski definition) is 3. The second kappa shape index (κ2) is 8.47. The van der Waals surface area contributed by atoms with Crippen LogP contribution in [0.4, 0.5) is 0 Å². The van der Waals surface area contributed by atoms with Crippen LogP contribution in [0, 0.1) is 0 Å². The summed E-state index contributed by atoms with van der Waals surface area (Å²) in [6, 6.07) is 2.16. The predicted molar refractivity (Wildman–Crippen MR) is 94.9 cm³/mol. The fraction of sp³-hybridized carbons (Fsp3) is 0.722. The molecule has 1 aromatic heterocycles. The van der Waals surface area contributed by atoms with Crippen molar-refractivity contribution in [1.29, 1.82) is 0 Å². The number of rotatable bonds is 6. The van der Waals surface area contributed by atoms with Crippen molar-refractivity contribution in [2.24, 2.45) is 0 Å². The molecule has 3 N–H and O–H groups in total. The normalized spacial score (nSPS) is 20.8. The number of carbonyl (C=O) groups excluding carboxylic acids is 2. The minimum Gasteiger partial charge on any atom is -0.353 e. The monoisotopic (exact) mass is 347 g/mol. The summed E-state index contributed by atoms with van der Waals surface area (Å²) in [5, 5.41) is 13.6. The molecule has 2 amide bonds. The highest BCUT2D eigenvalue weighted by atomic mass is 16.2. The Morgan fingerprint density at radius 2 is 1.96 bits per heavy atom. The number of hydrogen-bond acceptors (Lipinski definition) is 4. The van der Waals surface area contributed by atoms with E-state index in [1.54, 1.807) is 10.9 Å². The largest absolute Gasteiger partial charge is 0.353 e. The van der Waals surface area contributed by atoms with Gasteiger partial charge in [-0.2, -0.15) is 5.10 Å². The maximum Gasteiger partial charge on any atom is 0.248 e. The van der Waals surface area contributed by atoms with Crippen LogP contribution in [-0.2, 0) is 15.1 Å².